The molecule has 12 heavy (non-hydrogen) atoms. The summed E-state index contributed by atoms with van der Waals surface area (Å²) in [7, 11) is 0. The van der Waals surface area contributed by atoms with Gasteiger partial charge in [-0.3, -0.25) is 4.99 Å². The maximum atomic E-state index is 12.0. The van der Waals surface area contributed by atoms with Gasteiger partial charge in [0.15, 0.2) is 4.51 Å². The second-order valence-electron chi connectivity index (χ2n) is 2.39. The molecule has 0 bridgehead atoms. The molecule has 0 saturated heterocycles. The van der Waals surface area contributed by atoms with E-state index in [2.05, 4.69) is 20.9 Å². The van der Waals surface area contributed by atoms with E-state index in [9.17, 15) is 13.2 Å². The van der Waals surface area contributed by atoms with Crippen molar-refractivity contribution in [2.75, 3.05) is 6.54 Å². The molecule has 0 aromatic carbocycles. The minimum Gasteiger partial charge on any atom is -0.373 e. The summed E-state index contributed by atoms with van der Waals surface area (Å²) in [4.78, 5) is 3.37. The van der Waals surface area contributed by atoms with E-state index in [1.54, 1.807) is 0 Å². The molecule has 0 spiro atoms. The number of hydrogen-bond donors (Lipinski definition) is 1. The molecule has 0 fully saturated rings. The molecule has 0 saturated carbocycles. The van der Waals surface area contributed by atoms with Gasteiger partial charge in [0, 0.05) is 6.21 Å². The number of halogens is 4. The third-order valence-electron chi connectivity index (χ3n) is 1.25. The van der Waals surface area contributed by atoms with Gasteiger partial charge in [0.2, 0.25) is 0 Å². The van der Waals surface area contributed by atoms with Gasteiger partial charge in [0.1, 0.15) is 0 Å². The fourth-order valence-corrected chi connectivity index (χ4v) is 1.14. The molecule has 1 heterocycles. The summed E-state index contributed by atoms with van der Waals surface area (Å²) in [5, 5.41) is 9.13. The number of alkyl halides is 4. The lowest BCUT2D eigenvalue weighted by atomic mass is 10.1. The van der Waals surface area contributed by atoms with Gasteiger partial charge in [0.05, 0.1) is 12.1 Å². The quantitative estimate of drug-likeness (QED) is 0.645. The van der Waals surface area contributed by atoms with Crippen LogP contribution in [0.3, 0.4) is 0 Å². The van der Waals surface area contributed by atoms with Crippen molar-refractivity contribution < 1.29 is 18.3 Å². The van der Waals surface area contributed by atoms with Crippen LogP contribution in [0, 0.1) is 0 Å². The SMILES string of the molecule is OC1(Br)C=C(C(F)(F)F)C=NC1. The highest BCUT2D eigenvalue weighted by Gasteiger charge is 2.37. The highest BCUT2D eigenvalue weighted by molar-refractivity contribution is 9.10. The first-order valence-electron chi connectivity index (χ1n) is 3.02. The van der Waals surface area contributed by atoms with Crippen LogP contribution in [0.1, 0.15) is 0 Å². The van der Waals surface area contributed by atoms with Gasteiger partial charge < -0.3 is 5.11 Å². The van der Waals surface area contributed by atoms with Crippen LogP contribution in [0.5, 0.6) is 0 Å². The summed E-state index contributed by atoms with van der Waals surface area (Å²) < 4.78 is 34.3. The Kier molecular flexibility index (Phi) is 2.31. The lowest BCUT2D eigenvalue weighted by Gasteiger charge is -2.20. The topological polar surface area (TPSA) is 32.6 Å². The molecule has 0 amide bonds. The molecule has 0 aliphatic carbocycles. The van der Waals surface area contributed by atoms with Crippen molar-refractivity contribution in [3.8, 4) is 0 Å². The molecule has 1 aliphatic rings. The van der Waals surface area contributed by atoms with Crippen molar-refractivity contribution >= 4 is 22.1 Å². The van der Waals surface area contributed by atoms with Crippen molar-refractivity contribution in [3.63, 3.8) is 0 Å². The average molecular weight is 244 g/mol. The van der Waals surface area contributed by atoms with Gasteiger partial charge >= 0.3 is 6.18 Å². The monoisotopic (exact) mass is 243 g/mol. The van der Waals surface area contributed by atoms with Gasteiger partial charge in [-0.25, -0.2) is 0 Å². The Morgan fingerprint density at radius 1 is 1.58 bits per heavy atom. The summed E-state index contributed by atoms with van der Waals surface area (Å²) in [6.45, 7) is -0.105. The largest absolute Gasteiger partial charge is 0.417 e. The van der Waals surface area contributed by atoms with Crippen LogP contribution in [0.25, 0.3) is 0 Å². The van der Waals surface area contributed by atoms with E-state index in [1.807, 2.05) is 0 Å². The van der Waals surface area contributed by atoms with E-state index in [-0.39, 0.29) is 6.54 Å². The van der Waals surface area contributed by atoms with E-state index in [4.69, 9.17) is 5.11 Å². The lowest BCUT2D eigenvalue weighted by molar-refractivity contribution is -0.0868. The van der Waals surface area contributed by atoms with Gasteiger partial charge in [-0.05, 0) is 22.0 Å². The molecular weight excluding hydrogens is 239 g/mol. The van der Waals surface area contributed by atoms with E-state index in [1.165, 1.54) is 0 Å². The zero-order chi connectivity index (χ0) is 9.41. The first-order valence-corrected chi connectivity index (χ1v) is 3.82. The average Bonchev–Trinajstić information content (AvgIpc) is 1.83. The fourth-order valence-electron chi connectivity index (χ4n) is 0.748. The van der Waals surface area contributed by atoms with Crippen molar-refractivity contribution in [1.29, 1.82) is 0 Å². The summed E-state index contributed by atoms with van der Waals surface area (Å²) in [5.41, 5.74) is -0.937. The Balaban J connectivity index is 2.92. The normalized spacial score (nSPS) is 30.2. The molecule has 68 valence electrons. The second kappa shape index (κ2) is 2.85. The van der Waals surface area contributed by atoms with Crippen LogP contribution in [0.2, 0.25) is 0 Å². The first kappa shape index (κ1) is 9.73. The lowest BCUT2D eigenvalue weighted by Crippen LogP contribution is -2.28. The van der Waals surface area contributed by atoms with Crippen LogP contribution in [0.15, 0.2) is 16.6 Å². The summed E-state index contributed by atoms with van der Waals surface area (Å²) in [5.74, 6) is 0. The number of aliphatic imine (C=N–C) groups is 1. The maximum absolute atomic E-state index is 12.0. The van der Waals surface area contributed by atoms with Crippen LogP contribution in [0.4, 0.5) is 13.2 Å². The zero-order valence-corrected chi connectivity index (χ0v) is 7.35. The van der Waals surface area contributed by atoms with E-state index in [0.717, 1.165) is 0 Å². The Hall–Kier alpha value is -0.360. The first-order chi connectivity index (χ1) is 5.31. The highest BCUT2D eigenvalue weighted by atomic mass is 79.9. The number of hydrogen-bond acceptors (Lipinski definition) is 2. The van der Waals surface area contributed by atoms with Crippen molar-refractivity contribution in [3.05, 3.63) is 11.6 Å². The zero-order valence-electron chi connectivity index (χ0n) is 5.77. The molecular formula is C6H5BrF3NO. The van der Waals surface area contributed by atoms with Crippen LogP contribution in [-0.4, -0.2) is 28.6 Å². The predicted molar refractivity (Wildman–Crippen MR) is 41.4 cm³/mol. The van der Waals surface area contributed by atoms with E-state index >= 15 is 0 Å². The molecule has 0 aromatic heterocycles. The van der Waals surface area contributed by atoms with Crippen LogP contribution in [-0.2, 0) is 0 Å². The highest BCUT2D eigenvalue weighted by Crippen LogP contribution is 2.30. The molecule has 2 nitrogen and oxygen atoms in total. The molecule has 6 heteroatoms. The Morgan fingerprint density at radius 2 is 2.17 bits per heavy atom. The third-order valence-corrected chi connectivity index (χ3v) is 1.73. The van der Waals surface area contributed by atoms with Gasteiger partial charge in [-0.15, -0.1) is 0 Å². The van der Waals surface area contributed by atoms with E-state index < -0.39 is 16.3 Å². The summed E-state index contributed by atoms with van der Waals surface area (Å²) in [6.07, 6.45) is -3.05. The standard InChI is InChI=1S/C6H5BrF3NO/c7-5(12)1-4(2-11-3-5)6(8,9)10/h1-2,12H,3H2. The summed E-state index contributed by atoms with van der Waals surface area (Å²) in [6, 6.07) is 0. The fraction of sp³-hybridized carbons (Fsp3) is 0.500. The minimum absolute atomic E-state index is 0.105. The number of allylic oxidation sites excluding steroid dienone is 1. The third kappa shape index (κ3) is 2.31. The molecule has 1 unspecified atom stereocenters. The molecule has 0 aromatic rings. The van der Waals surface area contributed by atoms with Crippen LogP contribution < -0.4 is 0 Å². The van der Waals surface area contributed by atoms with E-state index in [0.29, 0.717) is 12.3 Å². The Bertz CT molecular complexity index is 240. The second-order valence-corrected chi connectivity index (χ2v) is 3.76. The number of nitrogens with zero attached hydrogens (tertiary/aromatic N) is 1. The Morgan fingerprint density at radius 3 is 2.50 bits per heavy atom. The van der Waals surface area contributed by atoms with Crippen molar-refractivity contribution in [1.82, 2.24) is 0 Å². The smallest absolute Gasteiger partial charge is 0.373 e. The van der Waals surface area contributed by atoms with Crippen LogP contribution >= 0.6 is 15.9 Å². The number of dihydropyridines is 1. The minimum atomic E-state index is -4.45. The van der Waals surface area contributed by atoms with Gasteiger partial charge in [-0.1, -0.05) is 0 Å². The van der Waals surface area contributed by atoms with Crippen molar-refractivity contribution in [2.45, 2.75) is 10.7 Å². The molecule has 1 aliphatic heterocycles. The predicted octanol–water partition coefficient (Wildman–Crippen LogP) is 1.64. The summed E-state index contributed by atoms with van der Waals surface area (Å²) >= 11 is 2.69. The van der Waals surface area contributed by atoms with Gasteiger partial charge in [-0.2, -0.15) is 13.2 Å². The number of rotatable bonds is 0. The van der Waals surface area contributed by atoms with Gasteiger partial charge in [0.25, 0.3) is 0 Å². The molecule has 1 rings (SSSR count). The van der Waals surface area contributed by atoms with Crippen molar-refractivity contribution in [2.24, 2.45) is 4.99 Å². The molecule has 0 radical (unpaired) electrons. The number of aliphatic hydroxyl groups is 1. The maximum Gasteiger partial charge on any atom is 0.417 e. The molecule has 1 N–H and O–H groups in total. The Labute approximate surface area is 74.9 Å². The molecule has 1 atom stereocenters.